The van der Waals surface area contributed by atoms with Crippen molar-refractivity contribution in [1.29, 1.82) is 0 Å². The maximum atomic E-state index is 11.7. The van der Waals surface area contributed by atoms with Crippen LogP contribution in [-0.2, 0) is 17.9 Å². The molecule has 0 aliphatic carbocycles. The van der Waals surface area contributed by atoms with E-state index in [1.807, 2.05) is 36.4 Å². The normalized spacial score (nSPS) is 14.4. The van der Waals surface area contributed by atoms with Gasteiger partial charge in [0.05, 0.1) is 18.8 Å². The first-order chi connectivity index (χ1) is 12.7. The van der Waals surface area contributed by atoms with Gasteiger partial charge in [0.25, 0.3) is 5.24 Å². The second kappa shape index (κ2) is 7.25. The first-order valence-corrected chi connectivity index (χ1v) is 9.42. The van der Waals surface area contributed by atoms with Crippen molar-refractivity contribution in [2.45, 2.75) is 13.1 Å². The van der Waals surface area contributed by atoms with E-state index in [9.17, 15) is 9.59 Å². The highest BCUT2D eigenvalue weighted by molar-refractivity contribution is 8.14. The fraction of sp³-hybridized carbons (Fsp3) is 0.200. The van der Waals surface area contributed by atoms with Gasteiger partial charge in [0, 0.05) is 11.7 Å². The second-order valence-corrected chi connectivity index (χ2v) is 7.02. The Balaban J connectivity index is 1.33. The number of aromatic nitrogens is 1. The molecule has 2 amide bonds. The van der Waals surface area contributed by atoms with Crippen molar-refractivity contribution >= 4 is 33.8 Å². The number of amides is 2. The summed E-state index contributed by atoms with van der Waals surface area (Å²) in [5.41, 5.74) is 2.11. The van der Waals surface area contributed by atoms with Gasteiger partial charge in [0.2, 0.25) is 5.91 Å². The maximum absolute atomic E-state index is 11.7. The summed E-state index contributed by atoms with van der Waals surface area (Å²) in [5, 5.41) is 1.05. The molecular formula is C20H18N2O3S. The van der Waals surface area contributed by atoms with Gasteiger partial charge in [-0.25, -0.2) is 0 Å². The van der Waals surface area contributed by atoms with Gasteiger partial charge >= 0.3 is 0 Å². The van der Waals surface area contributed by atoms with E-state index < -0.39 is 0 Å². The number of imide groups is 1. The van der Waals surface area contributed by atoms with Gasteiger partial charge in [-0.1, -0.05) is 42.1 Å². The van der Waals surface area contributed by atoms with Crippen molar-refractivity contribution in [2.75, 3.05) is 12.4 Å². The molecule has 26 heavy (non-hydrogen) atoms. The van der Waals surface area contributed by atoms with Crippen LogP contribution in [0.2, 0.25) is 0 Å². The van der Waals surface area contributed by atoms with E-state index in [-0.39, 0.29) is 16.9 Å². The van der Waals surface area contributed by atoms with E-state index in [0.717, 1.165) is 29.6 Å². The zero-order chi connectivity index (χ0) is 17.9. The largest absolute Gasteiger partial charge is 0.492 e. The predicted molar refractivity (Wildman–Crippen MR) is 102 cm³/mol. The molecule has 0 N–H and O–H groups in total. The molecule has 1 saturated heterocycles. The van der Waals surface area contributed by atoms with Gasteiger partial charge in [-0.2, -0.15) is 0 Å². The number of ether oxygens (including phenoxy) is 1. The van der Waals surface area contributed by atoms with Crippen LogP contribution in [-0.4, -0.2) is 33.0 Å². The summed E-state index contributed by atoms with van der Waals surface area (Å²) in [6.45, 7) is 1.65. The van der Waals surface area contributed by atoms with Crippen molar-refractivity contribution in [1.82, 2.24) is 9.47 Å². The molecule has 2 heterocycles. The molecular weight excluding hydrogens is 348 g/mol. The number of thioether (sulfide) groups is 1. The molecule has 0 unspecified atom stereocenters. The number of rotatable bonds is 6. The van der Waals surface area contributed by atoms with E-state index in [1.54, 1.807) is 0 Å². The SMILES string of the molecule is O=C1CSC(=O)N1Cc1ccc(OCCn2ccc3ccccc32)cc1. The lowest BCUT2D eigenvalue weighted by Gasteiger charge is -2.13. The molecule has 0 radical (unpaired) electrons. The molecule has 6 heteroatoms. The predicted octanol–water partition coefficient (Wildman–Crippen LogP) is 3.92. The van der Waals surface area contributed by atoms with Gasteiger partial charge in [-0.05, 0) is 35.2 Å². The summed E-state index contributed by atoms with van der Waals surface area (Å²) in [6.07, 6.45) is 2.07. The smallest absolute Gasteiger partial charge is 0.289 e. The summed E-state index contributed by atoms with van der Waals surface area (Å²) < 4.78 is 8.00. The Bertz CT molecular complexity index is 933. The first kappa shape index (κ1) is 16.7. The highest BCUT2D eigenvalue weighted by Crippen LogP contribution is 2.22. The fourth-order valence-electron chi connectivity index (χ4n) is 3.00. The monoisotopic (exact) mass is 366 g/mol. The zero-order valence-electron chi connectivity index (χ0n) is 14.1. The van der Waals surface area contributed by atoms with E-state index >= 15 is 0 Å². The van der Waals surface area contributed by atoms with Crippen LogP contribution in [0.5, 0.6) is 5.75 Å². The Hall–Kier alpha value is -2.73. The Labute approximate surface area is 155 Å². The minimum Gasteiger partial charge on any atom is -0.492 e. The second-order valence-electron chi connectivity index (χ2n) is 6.09. The summed E-state index contributed by atoms with van der Waals surface area (Å²) in [4.78, 5) is 24.6. The molecule has 4 rings (SSSR count). The fourth-order valence-corrected chi connectivity index (χ4v) is 3.73. The van der Waals surface area contributed by atoms with Crippen LogP contribution < -0.4 is 4.74 Å². The van der Waals surface area contributed by atoms with Crippen molar-refractivity contribution < 1.29 is 14.3 Å². The number of para-hydroxylation sites is 1. The average Bonchev–Trinajstić information content (AvgIpc) is 3.21. The number of fused-ring (bicyclic) bond motifs is 1. The molecule has 2 aromatic carbocycles. The van der Waals surface area contributed by atoms with Crippen LogP contribution in [0.1, 0.15) is 5.56 Å². The Kier molecular flexibility index (Phi) is 4.67. The lowest BCUT2D eigenvalue weighted by molar-refractivity contribution is -0.125. The molecule has 1 aromatic heterocycles. The molecule has 0 bridgehead atoms. The van der Waals surface area contributed by atoms with Crippen LogP contribution in [0, 0.1) is 0 Å². The van der Waals surface area contributed by atoms with E-state index in [2.05, 4.69) is 29.0 Å². The molecule has 0 spiro atoms. The van der Waals surface area contributed by atoms with Gasteiger partial charge in [-0.3, -0.25) is 14.5 Å². The van der Waals surface area contributed by atoms with Crippen molar-refractivity contribution in [3.05, 3.63) is 66.4 Å². The number of carbonyl (C=O) groups is 2. The zero-order valence-corrected chi connectivity index (χ0v) is 14.9. The van der Waals surface area contributed by atoms with Crippen molar-refractivity contribution in [2.24, 2.45) is 0 Å². The average molecular weight is 366 g/mol. The van der Waals surface area contributed by atoms with Crippen LogP contribution in [0.3, 0.4) is 0 Å². The third-order valence-electron chi connectivity index (χ3n) is 4.39. The maximum Gasteiger partial charge on any atom is 0.289 e. The molecule has 0 atom stereocenters. The third kappa shape index (κ3) is 3.46. The quantitative estimate of drug-likeness (QED) is 0.664. The highest BCUT2D eigenvalue weighted by Gasteiger charge is 2.29. The topological polar surface area (TPSA) is 51.5 Å². The summed E-state index contributed by atoms with van der Waals surface area (Å²) in [7, 11) is 0. The number of nitrogens with zero attached hydrogens (tertiary/aromatic N) is 2. The van der Waals surface area contributed by atoms with Crippen LogP contribution >= 0.6 is 11.8 Å². The van der Waals surface area contributed by atoms with E-state index in [1.165, 1.54) is 15.8 Å². The minimum absolute atomic E-state index is 0.126. The van der Waals surface area contributed by atoms with Gasteiger partial charge in [0.15, 0.2) is 0 Å². The summed E-state index contributed by atoms with van der Waals surface area (Å²) in [5.74, 6) is 0.895. The molecule has 3 aromatic rings. The Morgan fingerprint density at radius 2 is 1.81 bits per heavy atom. The number of hydrogen-bond acceptors (Lipinski definition) is 4. The highest BCUT2D eigenvalue weighted by atomic mass is 32.2. The van der Waals surface area contributed by atoms with E-state index in [4.69, 9.17) is 4.74 Å². The van der Waals surface area contributed by atoms with Crippen LogP contribution in [0.4, 0.5) is 4.79 Å². The molecule has 132 valence electrons. The van der Waals surface area contributed by atoms with Gasteiger partial charge in [0.1, 0.15) is 12.4 Å². The number of benzene rings is 2. The van der Waals surface area contributed by atoms with Crippen molar-refractivity contribution in [3.63, 3.8) is 0 Å². The molecule has 0 saturated carbocycles. The summed E-state index contributed by atoms with van der Waals surface area (Å²) >= 11 is 1.06. The number of hydrogen-bond donors (Lipinski definition) is 0. The van der Waals surface area contributed by atoms with Crippen LogP contribution in [0.15, 0.2) is 60.8 Å². The van der Waals surface area contributed by atoms with E-state index in [0.29, 0.717) is 13.2 Å². The summed E-state index contributed by atoms with van der Waals surface area (Å²) in [6, 6.07) is 17.9. The Morgan fingerprint density at radius 1 is 1.00 bits per heavy atom. The standard InChI is InChI=1S/C20H18N2O3S/c23-19-14-26-20(24)22(19)13-15-5-7-17(8-6-15)25-12-11-21-10-9-16-3-1-2-4-18(16)21/h1-10H,11-14H2. The van der Waals surface area contributed by atoms with Crippen LogP contribution in [0.25, 0.3) is 10.9 Å². The Morgan fingerprint density at radius 3 is 2.58 bits per heavy atom. The first-order valence-electron chi connectivity index (χ1n) is 8.43. The minimum atomic E-state index is -0.172. The molecule has 1 aliphatic rings. The number of carbonyl (C=O) groups excluding carboxylic acids is 2. The van der Waals surface area contributed by atoms with Gasteiger partial charge in [-0.15, -0.1) is 0 Å². The third-order valence-corrected chi connectivity index (χ3v) is 5.24. The lowest BCUT2D eigenvalue weighted by atomic mass is 10.2. The molecule has 1 fully saturated rings. The molecule has 1 aliphatic heterocycles. The van der Waals surface area contributed by atoms with Gasteiger partial charge < -0.3 is 9.30 Å². The lowest BCUT2D eigenvalue weighted by Crippen LogP contribution is -2.27. The molecule has 5 nitrogen and oxygen atoms in total. The van der Waals surface area contributed by atoms with Crippen molar-refractivity contribution in [3.8, 4) is 5.75 Å².